The average molecular weight is 251 g/mol. The van der Waals surface area contributed by atoms with E-state index in [2.05, 4.69) is 10.1 Å². The number of alkyl halides is 2. The van der Waals surface area contributed by atoms with Crippen LogP contribution in [0.25, 0.3) is 0 Å². The van der Waals surface area contributed by atoms with Crippen molar-refractivity contribution in [2.75, 3.05) is 19.8 Å². The third kappa shape index (κ3) is 5.08. The van der Waals surface area contributed by atoms with Crippen LogP contribution in [0.1, 0.15) is 12.8 Å². The lowest BCUT2D eigenvalue weighted by Crippen LogP contribution is -2.39. The zero-order valence-corrected chi connectivity index (χ0v) is 9.20. The molecule has 5 nitrogen and oxygen atoms in total. The first-order valence-electron chi connectivity index (χ1n) is 5.33. The quantitative estimate of drug-likeness (QED) is 0.690. The molecule has 1 aliphatic carbocycles. The second-order valence-corrected chi connectivity index (χ2v) is 4.12. The molecule has 0 unspecified atom stereocenters. The van der Waals surface area contributed by atoms with Crippen molar-refractivity contribution in [3.05, 3.63) is 0 Å². The van der Waals surface area contributed by atoms with Crippen LogP contribution in [-0.4, -0.2) is 43.2 Å². The van der Waals surface area contributed by atoms with Crippen LogP contribution in [0, 0.1) is 11.8 Å². The minimum atomic E-state index is -2.28. The summed E-state index contributed by atoms with van der Waals surface area (Å²) >= 11 is 0. The summed E-state index contributed by atoms with van der Waals surface area (Å²) in [6.45, 7) is -0.500. The standard InChI is InChI=1S/C10H15F2NO4/c11-10(12)7-1-6(2-7)3-13-8(14)4-17-5-9(15)16/h6-7,10H,1-5H2,(H,13,14)(H,15,16). The topological polar surface area (TPSA) is 75.6 Å². The fourth-order valence-corrected chi connectivity index (χ4v) is 1.70. The molecule has 1 rings (SSSR count). The lowest BCUT2D eigenvalue weighted by molar-refractivity contribution is -0.143. The van der Waals surface area contributed by atoms with Crippen molar-refractivity contribution in [3.63, 3.8) is 0 Å². The fraction of sp³-hybridized carbons (Fsp3) is 0.800. The Kier molecular flexibility index (Phi) is 5.27. The van der Waals surface area contributed by atoms with Gasteiger partial charge in [-0.25, -0.2) is 13.6 Å². The van der Waals surface area contributed by atoms with E-state index in [0.717, 1.165) is 0 Å². The molecular formula is C10H15F2NO4. The molecule has 0 aromatic carbocycles. The molecule has 98 valence electrons. The van der Waals surface area contributed by atoms with Crippen molar-refractivity contribution in [1.29, 1.82) is 0 Å². The first-order chi connectivity index (χ1) is 7.99. The van der Waals surface area contributed by atoms with Gasteiger partial charge >= 0.3 is 5.97 Å². The summed E-state index contributed by atoms with van der Waals surface area (Å²) in [5, 5.41) is 10.8. The summed E-state index contributed by atoms with van der Waals surface area (Å²) in [5.74, 6) is -2.01. The SMILES string of the molecule is O=C(O)COCC(=O)NCC1CC(C(F)F)C1. The van der Waals surface area contributed by atoms with Crippen molar-refractivity contribution in [3.8, 4) is 0 Å². The Balaban J connectivity index is 2.00. The minimum Gasteiger partial charge on any atom is -0.480 e. The lowest BCUT2D eigenvalue weighted by Gasteiger charge is -2.34. The Morgan fingerprint density at radius 3 is 2.53 bits per heavy atom. The molecule has 2 N–H and O–H groups in total. The second-order valence-electron chi connectivity index (χ2n) is 4.12. The number of ether oxygens (including phenoxy) is 1. The molecule has 0 spiro atoms. The highest BCUT2D eigenvalue weighted by Gasteiger charge is 2.35. The van der Waals surface area contributed by atoms with Gasteiger partial charge in [0.1, 0.15) is 13.2 Å². The maximum atomic E-state index is 12.1. The number of carboxylic acid groups (broad SMARTS) is 1. The molecule has 1 fully saturated rings. The van der Waals surface area contributed by atoms with Crippen LogP contribution in [-0.2, 0) is 14.3 Å². The first-order valence-corrected chi connectivity index (χ1v) is 5.33. The Bertz CT molecular complexity index is 279. The smallest absolute Gasteiger partial charge is 0.329 e. The number of nitrogens with one attached hydrogen (secondary N) is 1. The van der Waals surface area contributed by atoms with Gasteiger partial charge in [0, 0.05) is 12.5 Å². The summed E-state index contributed by atoms with van der Waals surface area (Å²) < 4.78 is 28.8. The van der Waals surface area contributed by atoms with Gasteiger partial charge in [-0.3, -0.25) is 4.79 Å². The van der Waals surface area contributed by atoms with Crippen LogP contribution < -0.4 is 5.32 Å². The number of carboxylic acids is 1. The molecule has 1 saturated carbocycles. The Morgan fingerprint density at radius 1 is 1.35 bits per heavy atom. The molecular weight excluding hydrogens is 236 g/mol. The van der Waals surface area contributed by atoms with Crippen molar-refractivity contribution in [1.82, 2.24) is 5.32 Å². The van der Waals surface area contributed by atoms with Gasteiger partial charge in [0.15, 0.2) is 0 Å². The van der Waals surface area contributed by atoms with Crippen molar-refractivity contribution < 1.29 is 28.2 Å². The van der Waals surface area contributed by atoms with Gasteiger partial charge in [-0.1, -0.05) is 0 Å². The maximum Gasteiger partial charge on any atom is 0.329 e. The molecule has 0 radical (unpaired) electrons. The van der Waals surface area contributed by atoms with E-state index in [9.17, 15) is 18.4 Å². The third-order valence-corrected chi connectivity index (χ3v) is 2.68. The number of hydrogen-bond acceptors (Lipinski definition) is 3. The summed E-state index contributed by atoms with van der Waals surface area (Å²) in [4.78, 5) is 21.2. The van der Waals surface area contributed by atoms with Gasteiger partial charge in [0.2, 0.25) is 12.3 Å². The van der Waals surface area contributed by atoms with Gasteiger partial charge in [-0.05, 0) is 18.8 Å². The normalized spacial score (nSPS) is 23.2. The lowest BCUT2D eigenvalue weighted by atomic mass is 9.75. The van der Waals surface area contributed by atoms with E-state index < -0.39 is 30.8 Å². The van der Waals surface area contributed by atoms with Crippen molar-refractivity contribution >= 4 is 11.9 Å². The molecule has 7 heteroatoms. The van der Waals surface area contributed by atoms with Crippen LogP contribution in [0.2, 0.25) is 0 Å². The molecule has 0 heterocycles. The summed E-state index contributed by atoms with van der Waals surface area (Å²) in [5.41, 5.74) is 0. The van der Waals surface area contributed by atoms with E-state index in [1.54, 1.807) is 0 Å². The van der Waals surface area contributed by atoms with Gasteiger partial charge < -0.3 is 15.2 Å². The third-order valence-electron chi connectivity index (χ3n) is 2.68. The molecule has 0 aromatic heterocycles. The molecule has 0 saturated heterocycles. The van der Waals surface area contributed by atoms with E-state index in [1.165, 1.54) is 0 Å². The van der Waals surface area contributed by atoms with Gasteiger partial charge in [-0.2, -0.15) is 0 Å². The number of rotatable bonds is 7. The zero-order valence-electron chi connectivity index (χ0n) is 9.20. The average Bonchev–Trinajstić information content (AvgIpc) is 2.13. The molecule has 1 amide bonds. The highest BCUT2D eigenvalue weighted by Crippen LogP contribution is 2.37. The molecule has 0 aliphatic heterocycles. The number of carbonyl (C=O) groups is 2. The molecule has 0 bridgehead atoms. The Hall–Kier alpha value is -1.24. The highest BCUT2D eigenvalue weighted by atomic mass is 19.3. The van der Waals surface area contributed by atoms with E-state index >= 15 is 0 Å². The van der Waals surface area contributed by atoms with E-state index in [4.69, 9.17) is 5.11 Å². The van der Waals surface area contributed by atoms with Crippen LogP contribution >= 0.6 is 0 Å². The number of aliphatic carboxylic acids is 1. The maximum absolute atomic E-state index is 12.1. The first kappa shape index (κ1) is 13.8. The van der Waals surface area contributed by atoms with Gasteiger partial charge in [0.25, 0.3) is 0 Å². The Labute approximate surface area is 97.1 Å². The number of halogens is 2. The summed E-state index contributed by atoms with van der Waals surface area (Å²) in [7, 11) is 0. The number of carbonyl (C=O) groups excluding carboxylic acids is 1. The van der Waals surface area contributed by atoms with Gasteiger partial charge in [-0.15, -0.1) is 0 Å². The second kappa shape index (κ2) is 6.48. The largest absolute Gasteiger partial charge is 0.480 e. The predicted octanol–water partition coefficient (Wildman–Crippen LogP) is 0.495. The van der Waals surface area contributed by atoms with E-state index in [-0.39, 0.29) is 12.5 Å². The van der Waals surface area contributed by atoms with Crippen molar-refractivity contribution in [2.45, 2.75) is 19.3 Å². The van der Waals surface area contributed by atoms with Crippen LogP contribution in [0.4, 0.5) is 8.78 Å². The monoisotopic (exact) mass is 251 g/mol. The molecule has 17 heavy (non-hydrogen) atoms. The minimum absolute atomic E-state index is 0.0948. The molecule has 0 aromatic rings. The van der Waals surface area contributed by atoms with Crippen LogP contribution in [0.15, 0.2) is 0 Å². The number of amides is 1. The van der Waals surface area contributed by atoms with Crippen molar-refractivity contribution in [2.24, 2.45) is 11.8 Å². The highest BCUT2D eigenvalue weighted by molar-refractivity contribution is 5.77. The van der Waals surface area contributed by atoms with Crippen LogP contribution in [0.5, 0.6) is 0 Å². The summed E-state index contributed by atoms with van der Waals surface area (Å²) in [6.07, 6.45) is -1.43. The molecule has 0 atom stereocenters. The molecule has 1 aliphatic rings. The Morgan fingerprint density at radius 2 is 2.00 bits per heavy atom. The van der Waals surface area contributed by atoms with E-state index in [1.807, 2.05) is 0 Å². The van der Waals surface area contributed by atoms with Crippen LogP contribution in [0.3, 0.4) is 0 Å². The van der Waals surface area contributed by atoms with E-state index in [0.29, 0.717) is 19.4 Å². The summed E-state index contributed by atoms with van der Waals surface area (Å²) in [6, 6.07) is 0. The number of hydrogen-bond donors (Lipinski definition) is 2. The van der Waals surface area contributed by atoms with Gasteiger partial charge in [0.05, 0.1) is 0 Å². The predicted molar refractivity (Wildman–Crippen MR) is 53.7 cm³/mol. The fourth-order valence-electron chi connectivity index (χ4n) is 1.70. The zero-order chi connectivity index (χ0) is 12.8.